The first kappa shape index (κ1) is 12.5. The number of anilines is 1. The molecule has 0 saturated heterocycles. The van der Waals surface area contributed by atoms with Crippen molar-refractivity contribution in [3.63, 3.8) is 0 Å². The van der Waals surface area contributed by atoms with Gasteiger partial charge < -0.3 is 4.90 Å². The quantitative estimate of drug-likeness (QED) is 0.808. The van der Waals surface area contributed by atoms with Crippen LogP contribution in [0.4, 0.5) is 5.82 Å². The van der Waals surface area contributed by atoms with Crippen molar-refractivity contribution in [1.29, 1.82) is 0 Å². The number of hydrogen-bond acceptors (Lipinski definition) is 4. The molecule has 94 valence electrons. The Labute approximate surface area is 108 Å². The molecule has 0 fully saturated rings. The molecule has 0 radical (unpaired) electrons. The van der Waals surface area contributed by atoms with E-state index in [-0.39, 0.29) is 0 Å². The number of nitrogens with zero attached hydrogens (tertiary/aromatic N) is 4. The van der Waals surface area contributed by atoms with Crippen LogP contribution in [0.25, 0.3) is 11.3 Å². The normalized spacial score (nSPS) is 10.3. The smallest absolute Gasteiger partial charge is 0.154 e. The topological polar surface area (TPSA) is 41.9 Å². The third kappa shape index (κ3) is 2.83. The number of unbranched alkanes of at least 4 members (excludes halogenated alkanes) is 1. The molecule has 4 nitrogen and oxygen atoms in total. The summed E-state index contributed by atoms with van der Waals surface area (Å²) in [7, 11) is 2.06. The number of hydrogen-bond donors (Lipinski definition) is 0. The van der Waals surface area contributed by atoms with E-state index >= 15 is 0 Å². The van der Waals surface area contributed by atoms with Gasteiger partial charge in [-0.25, -0.2) is 4.98 Å². The minimum Gasteiger partial charge on any atom is -0.358 e. The van der Waals surface area contributed by atoms with Crippen molar-refractivity contribution in [2.24, 2.45) is 0 Å². The van der Waals surface area contributed by atoms with Crippen LogP contribution in [-0.2, 0) is 0 Å². The van der Waals surface area contributed by atoms with E-state index in [1.807, 2.05) is 12.1 Å². The molecule has 2 aromatic rings. The average molecular weight is 242 g/mol. The molecule has 2 aromatic heterocycles. The van der Waals surface area contributed by atoms with Gasteiger partial charge in [0.15, 0.2) is 5.82 Å². The van der Waals surface area contributed by atoms with Crippen LogP contribution >= 0.6 is 0 Å². The van der Waals surface area contributed by atoms with Crippen molar-refractivity contribution < 1.29 is 0 Å². The maximum atomic E-state index is 4.45. The lowest BCUT2D eigenvalue weighted by Gasteiger charge is -2.20. The zero-order chi connectivity index (χ0) is 12.8. The van der Waals surface area contributed by atoms with E-state index in [2.05, 4.69) is 33.8 Å². The van der Waals surface area contributed by atoms with Gasteiger partial charge >= 0.3 is 0 Å². The minimum absolute atomic E-state index is 0.915. The molecule has 0 aromatic carbocycles. The van der Waals surface area contributed by atoms with Crippen LogP contribution in [0.1, 0.15) is 19.8 Å². The Morgan fingerprint density at radius 1 is 1.06 bits per heavy atom. The Kier molecular flexibility index (Phi) is 4.23. The molecule has 0 aliphatic carbocycles. The largest absolute Gasteiger partial charge is 0.358 e. The van der Waals surface area contributed by atoms with Gasteiger partial charge in [-0.15, -0.1) is 0 Å². The highest BCUT2D eigenvalue weighted by Gasteiger charge is 2.11. The first-order valence-electron chi connectivity index (χ1n) is 6.25. The second-order valence-electron chi connectivity index (χ2n) is 4.24. The maximum Gasteiger partial charge on any atom is 0.154 e. The highest BCUT2D eigenvalue weighted by atomic mass is 15.2. The SMILES string of the molecule is CCCCN(C)c1nccnc1-c1ccncc1. The van der Waals surface area contributed by atoms with E-state index in [0.29, 0.717) is 0 Å². The molecule has 0 unspecified atom stereocenters. The molecule has 0 aliphatic rings. The molecule has 0 spiro atoms. The first-order chi connectivity index (χ1) is 8.83. The summed E-state index contributed by atoms with van der Waals surface area (Å²) in [6.07, 6.45) is 9.35. The van der Waals surface area contributed by atoms with Crippen molar-refractivity contribution >= 4 is 5.82 Å². The molecular formula is C14H18N4. The fourth-order valence-electron chi connectivity index (χ4n) is 1.82. The monoisotopic (exact) mass is 242 g/mol. The van der Waals surface area contributed by atoms with Gasteiger partial charge in [-0.2, -0.15) is 0 Å². The summed E-state index contributed by atoms with van der Waals surface area (Å²) in [5.74, 6) is 0.928. The van der Waals surface area contributed by atoms with Gasteiger partial charge in [0.25, 0.3) is 0 Å². The predicted octanol–water partition coefficient (Wildman–Crippen LogP) is 2.77. The number of pyridine rings is 1. The fraction of sp³-hybridized carbons (Fsp3) is 0.357. The van der Waals surface area contributed by atoms with E-state index in [4.69, 9.17) is 0 Å². The van der Waals surface area contributed by atoms with Crippen LogP contribution in [0.3, 0.4) is 0 Å². The molecule has 0 aliphatic heterocycles. The van der Waals surface area contributed by atoms with Crippen molar-refractivity contribution in [3.8, 4) is 11.3 Å². The Balaban J connectivity index is 2.31. The number of aromatic nitrogens is 3. The summed E-state index contributed by atoms with van der Waals surface area (Å²) in [5.41, 5.74) is 1.97. The van der Waals surface area contributed by atoms with Crippen LogP contribution in [0.15, 0.2) is 36.9 Å². The van der Waals surface area contributed by atoms with Crippen LogP contribution < -0.4 is 4.90 Å². The molecule has 0 amide bonds. The van der Waals surface area contributed by atoms with Crippen molar-refractivity contribution in [2.45, 2.75) is 19.8 Å². The summed E-state index contributed by atoms with van der Waals surface area (Å²) in [6, 6.07) is 3.92. The zero-order valence-electron chi connectivity index (χ0n) is 10.9. The van der Waals surface area contributed by atoms with Gasteiger partial charge in [0, 0.05) is 43.9 Å². The third-order valence-electron chi connectivity index (χ3n) is 2.84. The van der Waals surface area contributed by atoms with Gasteiger partial charge in [-0.3, -0.25) is 9.97 Å². The maximum absolute atomic E-state index is 4.45. The summed E-state index contributed by atoms with van der Waals surface area (Å²) in [4.78, 5) is 15.1. The first-order valence-corrected chi connectivity index (χ1v) is 6.25. The van der Waals surface area contributed by atoms with Gasteiger partial charge in [0.1, 0.15) is 5.69 Å². The summed E-state index contributed by atoms with van der Waals surface area (Å²) in [5, 5.41) is 0. The van der Waals surface area contributed by atoms with Gasteiger partial charge in [0.05, 0.1) is 0 Å². The van der Waals surface area contributed by atoms with E-state index in [1.54, 1.807) is 24.8 Å². The lowest BCUT2D eigenvalue weighted by molar-refractivity contribution is 0.758. The fourth-order valence-corrected chi connectivity index (χ4v) is 1.82. The Morgan fingerprint density at radius 2 is 1.78 bits per heavy atom. The van der Waals surface area contributed by atoms with Crippen LogP contribution in [0.2, 0.25) is 0 Å². The summed E-state index contributed by atoms with van der Waals surface area (Å²) < 4.78 is 0. The van der Waals surface area contributed by atoms with E-state index in [1.165, 1.54) is 6.42 Å². The Morgan fingerprint density at radius 3 is 2.50 bits per heavy atom. The predicted molar refractivity (Wildman–Crippen MR) is 73.4 cm³/mol. The molecule has 0 atom stereocenters. The van der Waals surface area contributed by atoms with Crippen molar-refractivity contribution in [1.82, 2.24) is 15.0 Å². The molecule has 0 saturated carbocycles. The van der Waals surface area contributed by atoms with Gasteiger partial charge in [0.2, 0.25) is 0 Å². The van der Waals surface area contributed by atoms with E-state index in [0.717, 1.165) is 30.0 Å². The second kappa shape index (κ2) is 6.10. The Hall–Kier alpha value is -1.97. The molecule has 18 heavy (non-hydrogen) atoms. The molecule has 2 heterocycles. The van der Waals surface area contributed by atoms with Crippen LogP contribution in [-0.4, -0.2) is 28.5 Å². The van der Waals surface area contributed by atoms with E-state index in [9.17, 15) is 0 Å². The molecule has 2 rings (SSSR count). The molecule has 4 heteroatoms. The number of rotatable bonds is 5. The van der Waals surface area contributed by atoms with Crippen molar-refractivity contribution in [2.75, 3.05) is 18.5 Å². The highest BCUT2D eigenvalue weighted by molar-refractivity contribution is 5.71. The third-order valence-corrected chi connectivity index (χ3v) is 2.84. The molecular weight excluding hydrogens is 224 g/mol. The summed E-state index contributed by atoms with van der Waals surface area (Å²) in [6.45, 7) is 3.18. The highest BCUT2D eigenvalue weighted by Crippen LogP contribution is 2.25. The van der Waals surface area contributed by atoms with Crippen molar-refractivity contribution in [3.05, 3.63) is 36.9 Å². The van der Waals surface area contributed by atoms with Crippen LogP contribution in [0.5, 0.6) is 0 Å². The second-order valence-corrected chi connectivity index (χ2v) is 4.24. The van der Waals surface area contributed by atoms with E-state index < -0.39 is 0 Å². The lowest BCUT2D eigenvalue weighted by Crippen LogP contribution is -2.20. The van der Waals surface area contributed by atoms with Gasteiger partial charge in [-0.05, 0) is 18.6 Å². The molecule has 0 bridgehead atoms. The standard InChI is InChI=1S/C14H18N4/c1-3-4-11-18(2)14-13(16-9-10-17-14)12-5-7-15-8-6-12/h5-10H,3-4,11H2,1-2H3. The lowest BCUT2D eigenvalue weighted by atomic mass is 10.2. The van der Waals surface area contributed by atoms with Gasteiger partial charge in [-0.1, -0.05) is 13.3 Å². The Bertz CT molecular complexity index is 484. The summed E-state index contributed by atoms with van der Waals surface area (Å²) >= 11 is 0. The minimum atomic E-state index is 0.915. The molecule has 0 N–H and O–H groups in total. The van der Waals surface area contributed by atoms with Crippen LogP contribution in [0, 0.1) is 0 Å². The zero-order valence-corrected chi connectivity index (χ0v) is 10.9. The average Bonchev–Trinajstić information content (AvgIpc) is 2.45.